The second kappa shape index (κ2) is 6.39. The first kappa shape index (κ1) is 13.7. The Bertz CT molecular complexity index is 454. The summed E-state index contributed by atoms with van der Waals surface area (Å²) in [5.41, 5.74) is 1.55. The number of anilines is 1. The molecular formula is C12H14N2O4. The second-order valence-corrected chi connectivity index (χ2v) is 3.72. The first-order valence-electron chi connectivity index (χ1n) is 5.36. The Balaban J connectivity index is 2.42. The van der Waals surface area contributed by atoms with E-state index in [9.17, 15) is 14.4 Å². The number of benzene rings is 1. The lowest BCUT2D eigenvalue weighted by molar-refractivity contribution is -0.138. The van der Waals surface area contributed by atoms with Crippen LogP contribution in [0.1, 0.15) is 12.0 Å². The van der Waals surface area contributed by atoms with Gasteiger partial charge >= 0.3 is 17.8 Å². The Kier molecular flexibility index (Phi) is 4.86. The van der Waals surface area contributed by atoms with Gasteiger partial charge in [0.1, 0.15) is 0 Å². The Morgan fingerprint density at radius 1 is 1.11 bits per heavy atom. The lowest BCUT2D eigenvalue weighted by Crippen LogP contribution is -2.36. The molecule has 96 valence electrons. The maximum atomic E-state index is 11.4. The lowest BCUT2D eigenvalue weighted by Gasteiger charge is -2.05. The summed E-state index contributed by atoms with van der Waals surface area (Å²) in [7, 11) is 0. The first-order chi connectivity index (χ1) is 8.49. The third-order valence-corrected chi connectivity index (χ3v) is 2.14. The maximum Gasteiger partial charge on any atom is 0.313 e. The molecule has 0 saturated heterocycles. The molecule has 1 rings (SSSR count). The summed E-state index contributed by atoms with van der Waals surface area (Å²) in [6.07, 6.45) is -0.219. The van der Waals surface area contributed by atoms with Gasteiger partial charge in [-0.25, -0.2) is 0 Å². The van der Waals surface area contributed by atoms with Crippen LogP contribution in [0.25, 0.3) is 0 Å². The zero-order chi connectivity index (χ0) is 13.5. The molecule has 6 heteroatoms. The molecule has 0 heterocycles. The van der Waals surface area contributed by atoms with Gasteiger partial charge in [0.25, 0.3) is 0 Å². The van der Waals surface area contributed by atoms with E-state index in [2.05, 4.69) is 10.6 Å². The van der Waals surface area contributed by atoms with Crippen LogP contribution in [0.3, 0.4) is 0 Å². The van der Waals surface area contributed by atoms with Crippen molar-refractivity contribution >= 4 is 23.5 Å². The molecule has 18 heavy (non-hydrogen) atoms. The fourth-order valence-electron chi connectivity index (χ4n) is 1.19. The number of amides is 2. The van der Waals surface area contributed by atoms with E-state index in [1.165, 1.54) is 0 Å². The molecule has 0 atom stereocenters. The molecule has 1 aromatic rings. The minimum absolute atomic E-state index is 0.0739. The molecule has 0 aromatic heterocycles. The second-order valence-electron chi connectivity index (χ2n) is 3.72. The monoisotopic (exact) mass is 250 g/mol. The number of carbonyl (C=O) groups excluding carboxylic acids is 2. The van der Waals surface area contributed by atoms with Crippen LogP contribution in [0.2, 0.25) is 0 Å². The predicted molar refractivity (Wildman–Crippen MR) is 65.1 cm³/mol. The van der Waals surface area contributed by atoms with Gasteiger partial charge in [-0.05, 0) is 19.1 Å². The van der Waals surface area contributed by atoms with E-state index < -0.39 is 17.8 Å². The fourth-order valence-corrected chi connectivity index (χ4v) is 1.19. The molecule has 0 fully saturated rings. The molecular weight excluding hydrogens is 236 g/mol. The SMILES string of the molecule is Cc1ccc(NC(=O)C(=O)NCCC(=O)O)cc1. The highest BCUT2D eigenvalue weighted by atomic mass is 16.4. The van der Waals surface area contributed by atoms with Gasteiger partial charge in [-0.1, -0.05) is 17.7 Å². The molecule has 0 saturated carbocycles. The first-order valence-corrected chi connectivity index (χ1v) is 5.36. The molecule has 1 aromatic carbocycles. The van der Waals surface area contributed by atoms with Gasteiger partial charge < -0.3 is 15.7 Å². The van der Waals surface area contributed by atoms with Crippen LogP contribution < -0.4 is 10.6 Å². The number of aliphatic carboxylic acids is 1. The molecule has 2 amide bonds. The van der Waals surface area contributed by atoms with Crippen molar-refractivity contribution in [2.24, 2.45) is 0 Å². The standard InChI is InChI=1S/C12H14N2O4/c1-8-2-4-9(5-3-8)14-12(18)11(17)13-7-6-10(15)16/h2-5H,6-7H2,1H3,(H,13,17)(H,14,18)(H,15,16). The molecule has 3 N–H and O–H groups in total. The number of hydrogen-bond donors (Lipinski definition) is 3. The van der Waals surface area contributed by atoms with Crippen molar-refractivity contribution in [3.8, 4) is 0 Å². The van der Waals surface area contributed by atoms with E-state index in [1.807, 2.05) is 6.92 Å². The fraction of sp³-hybridized carbons (Fsp3) is 0.250. The highest BCUT2D eigenvalue weighted by Crippen LogP contribution is 2.07. The summed E-state index contributed by atoms with van der Waals surface area (Å²) in [6, 6.07) is 6.96. The van der Waals surface area contributed by atoms with Crippen LogP contribution in [0, 0.1) is 6.92 Å². The van der Waals surface area contributed by atoms with Gasteiger partial charge in [0.2, 0.25) is 0 Å². The van der Waals surface area contributed by atoms with Crippen LogP contribution >= 0.6 is 0 Å². The number of carboxylic acid groups (broad SMARTS) is 1. The van der Waals surface area contributed by atoms with Gasteiger partial charge in [0, 0.05) is 12.2 Å². The van der Waals surface area contributed by atoms with Gasteiger partial charge in [-0.3, -0.25) is 14.4 Å². The lowest BCUT2D eigenvalue weighted by atomic mass is 10.2. The van der Waals surface area contributed by atoms with E-state index in [1.54, 1.807) is 24.3 Å². The summed E-state index contributed by atoms with van der Waals surface area (Å²) in [4.78, 5) is 32.9. The topological polar surface area (TPSA) is 95.5 Å². The van der Waals surface area contributed by atoms with Crippen molar-refractivity contribution in [2.45, 2.75) is 13.3 Å². The van der Waals surface area contributed by atoms with Crippen molar-refractivity contribution in [2.75, 3.05) is 11.9 Å². The summed E-state index contributed by atoms with van der Waals surface area (Å²) in [6.45, 7) is 1.83. The van der Waals surface area contributed by atoms with Gasteiger partial charge in [-0.2, -0.15) is 0 Å². The van der Waals surface area contributed by atoms with Gasteiger partial charge in [0.15, 0.2) is 0 Å². The summed E-state index contributed by atoms with van der Waals surface area (Å²) < 4.78 is 0. The van der Waals surface area contributed by atoms with Gasteiger partial charge in [0.05, 0.1) is 6.42 Å². The molecule has 0 radical (unpaired) electrons. The van der Waals surface area contributed by atoms with Crippen molar-refractivity contribution in [3.05, 3.63) is 29.8 Å². The average molecular weight is 250 g/mol. The van der Waals surface area contributed by atoms with Crippen molar-refractivity contribution in [1.29, 1.82) is 0 Å². The third-order valence-electron chi connectivity index (χ3n) is 2.14. The van der Waals surface area contributed by atoms with Crippen LogP contribution in [-0.2, 0) is 14.4 Å². The normalized spacial score (nSPS) is 9.61. The molecule has 0 bridgehead atoms. The summed E-state index contributed by atoms with van der Waals surface area (Å²) in [5, 5.41) is 13.0. The summed E-state index contributed by atoms with van der Waals surface area (Å²) in [5.74, 6) is -2.70. The Morgan fingerprint density at radius 2 is 1.72 bits per heavy atom. The maximum absolute atomic E-state index is 11.4. The van der Waals surface area contributed by atoms with E-state index in [0.29, 0.717) is 5.69 Å². The van der Waals surface area contributed by atoms with Crippen LogP contribution in [-0.4, -0.2) is 29.4 Å². The number of rotatable bonds is 4. The van der Waals surface area contributed by atoms with E-state index in [4.69, 9.17) is 5.11 Å². The zero-order valence-corrected chi connectivity index (χ0v) is 9.90. The predicted octanol–water partition coefficient (Wildman–Crippen LogP) is 0.524. The van der Waals surface area contributed by atoms with Crippen LogP contribution in [0.5, 0.6) is 0 Å². The minimum Gasteiger partial charge on any atom is -0.481 e. The summed E-state index contributed by atoms with van der Waals surface area (Å²) >= 11 is 0. The largest absolute Gasteiger partial charge is 0.481 e. The molecule has 0 unspecified atom stereocenters. The number of carboxylic acids is 1. The van der Waals surface area contributed by atoms with Crippen molar-refractivity contribution in [3.63, 3.8) is 0 Å². The van der Waals surface area contributed by atoms with Crippen LogP contribution in [0.4, 0.5) is 5.69 Å². The van der Waals surface area contributed by atoms with E-state index >= 15 is 0 Å². The smallest absolute Gasteiger partial charge is 0.313 e. The van der Waals surface area contributed by atoms with Crippen molar-refractivity contribution in [1.82, 2.24) is 5.32 Å². The average Bonchev–Trinajstić information content (AvgIpc) is 2.31. The number of nitrogens with one attached hydrogen (secondary N) is 2. The van der Waals surface area contributed by atoms with Crippen LogP contribution in [0.15, 0.2) is 24.3 Å². The Morgan fingerprint density at radius 3 is 2.28 bits per heavy atom. The number of hydrogen-bond acceptors (Lipinski definition) is 3. The van der Waals surface area contributed by atoms with E-state index in [0.717, 1.165) is 5.56 Å². The zero-order valence-electron chi connectivity index (χ0n) is 9.90. The number of aryl methyl sites for hydroxylation is 1. The molecule has 0 spiro atoms. The quantitative estimate of drug-likeness (QED) is 0.679. The van der Waals surface area contributed by atoms with Crippen molar-refractivity contribution < 1.29 is 19.5 Å². The third kappa shape index (κ3) is 4.65. The highest BCUT2D eigenvalue weighted by Gasteiger charge is 2.13. The molecule has 0 aliphatic rings. The van der Waals surface area contributed by atoms with Gasteiger partial charge in [-0.15, -0.1) is 0 Å². The molecule has 6 nitrogen and oxygen atoms in total. The molecule has 0 aliphatic heterocycles. The van der Waals surface area contributed by atoms with E-state index in [-0.39, 0.29) is 13.0 Å². The molecule has 0 aliphatic carbocycles. The number of carbonyl (C=O) groups is 3. The Hall–Kier alpha value is -2.37. The Labute approximate surface area is 104 Å². The highest BCUT2D eigenvalue weighted by molar-refractivity contribution is 6.39. The minimum atomic E-state index is -1.03.